The van der Waals surface area contributed by atoms with Crippen molar-refractivity contribution in [2.24, 2.45) is 0 Å². The van der Waals surface area contributed by atoms with E-state index in [0.717, 1.165) is 17.1 Å². The fourth-order valence-electron chi connectivity index (χ4n) is 3.86. The molecule has 1 aliphatic rings. The molecule has 0 fully saturated rings. The molecule has 0 aliphatic carbocycles. The topological polar surface area (TPSA) is 94.4 Å². The second kappa shape index (κ2) is 9.43. The summed E-state index contributed by atoms with van der Waals surface area (Å²) in [6.45, 7) is 3.72. The highest BCUT2D eigenvalue weighted by molar-refractivity contribution is 6.03. The van der Waals surface area contributed by atoms with Gasteiger partial charge in [-0.2, -0.15) is 0 Å². The number of pyridine rings is 1. The van der Waals surface area contributed by atoms with Crippen molar-refractivity contribution in [3.05, 3.63) is 53.1 Å². The molecule has 0 radical (unpaired) electrons. The Morgan fingerprint density at radius 2 is 1.91 bits per heavy atom. The molecule has 12 heteroatoms. The summed E-state index contributed by atoms with van der Waals surface area (Å²) >= 11 is 0. The zero-order chi connectivity index (χ0) is 25.3. The number of carbonyl (C=O) groups is 1. The van der Waals surface area contributed by atoms with E-state index >= 15 is 0 Å². The van der Waals surface area contributed by atoms with Gasteiger partial charge in [-0.3, -0.25) is 9.78 Å². The molecule has 3 aromatic rings. The number of methoxy groups -OCH3 is 1. The number of hydrogen-bond acceptors (Lipinski definition) is 7. The Bertz CT molecular complexity index is 1240. The minimum Gasteiger partial charge on any atom is -0.497 e. The molecule has 0 saturated carbocycles. The molecule has 186 valence electrons. The summed E-state index contributed by atoms with van der Waals surface area (Å²) < 4.78 is 49.1. The van der Waals surface area contributed by atoms with E-state index in [0.29, 0.717) is 24.2 Å². The molecule has 0 bridgehead atoms. The van der Waals surface area contributed by atoms with Crippen LogP contribution in [0.25, 0.3) is 0 Å². The fraction of sp³-hybridized carbons (Fsp3) is 0.391. The lowest BCUT2D eigenvalue weighted by atomic mass is 10.1. The van der Waals surface area contributed by atoms with Crippen LogP contribution in [0.15, 0.2) is 30.5 Å². The molecule has 9 nitrogen and oxygen atoms in total. The number of likely N-dealkylation sites (N-methyl/N-ethyl adjacent to an activating group) is 1. The Kier molecular flexibility index (Phi) is 6.55. The number of nitrogens with one attached hydrogen (secondary N) is 1. The van der Waals surface area contributed by atoms with Crippen LogP contribution in [0.3, 0.4) is 0 Å². The lowest BCUT2D eigenvalue weighted by Crippen LogP contribution is -2.44. The average molecular weight is 490 g/mol. The number of fused-ring (bicyclic) bond motifs is 1. The third-order valence-corrected chi connectivity index (χ3v) is 5.88. The van der Waals surface area contributed by atoms with Crippen LogP contribution in [0.4, 0.5) is 24.5 Å². The van der Waals surface area contributed by atoms with Gasteiger partial charge in [0.25, 0.3) is 0 Å². The van der Waals surface area contributed by atoms with Crippen LogP contribution in [0.1, 0.15) is 29.6 Å². The van der Waals surface area contributed by atoms with Gasteiger partial charge in [-0.25, -0.2) is 4.68 Å². The minimum absolute atomic E-state index is 0.0427. The average Bonchev–Trinajstić information content (AvgIpc) is 3.24. The Morgan fingerprint density at radius 3 is 2.63 bits per heavy atom. The monoisotopic (exact) mass is 490 g/mol. The highest BCUT2D eigenvalue weighted by Crippen LogP contribution is 2.34. The van der Waals surface area contributed by atoms with Crippen molar-refractivity contribution in [2.75, 3.05) is 24.4 Å². The van der Waals surface area contributed by atoms with E-state index in [4.69, 9.17) is 4.74 Å². The highest BCUT2D eigenvalue weighted by atomic mass is 19.4. The van der Waals surface area contributed by atoms with Crippen molar-refractivity contribution in [1.82, 2.24) is 20.0 Å². The zero-order valence-electron chi connectivity index (χ0n) is 19.7. The van der Waals surface area contributed by atoms with Crippen molar-refractivity contribution in [3.8, 4) is 11.5 Å². The second-order valence-electron chi connectivity index (χ2n) is 8.30. The summed E-state index contributed by atoms with van der Waals surface area (Å²) in [4.78, 5) is 18.6. The van der Waals surface area contributed by atoms with E-state index in [9.17, 15) is 18.0 Å². The molecule has 0 unspecified atom stereocenters. The van der Waals surface area contributed by atoms with Crippen molar-refractivity contribution in [1.29, 1.82) is 0 Å². The Balaban J connectivity index is 1.47. The molecule has 1 N–H and O–H groups in total. The number of aryl methyl sites for hydroxylation is 3. The summed E-state index contributed by atoms with van der Waals surface area (Å²) in [5.74, 6) is -0.178. The maximum Gasteiger partial charge on any atom is 0.573 e. The predicted molar refractivity (Wildman–Crippen MR) is 122 cm³/mol. The number of aromatic nitrogens is 4. The van der Waals surface area contributed by atoms with E-state index < -0.39 is 6.36 Å². The minimum atomic E-state index is -4.83. The van der Waals surface area contributed by atoms with Gasteiger partial charge in [-0.15, -0.1) is 18.3 Å². The second-order valence-corrected chi connectivity index (χ2v) is 8.30. The summed E-state index contributed by atoms with van der Waals surface area (Å²) in [5.41, 5.74) is 4.13. The molecular weight excluding hydrogens is 465 g/mol. The van der Waals surface area contributed by atoms with Gasteiger partial charge in [0, 0.05) is 30.6 Å². The van der Waals surface area contributed by atoms with Gasteiger partial charge >= 0.3 is 6.36 Å². The van der Waals surface area contributed by atoms with E-state index in [-0.39, 0.29) is 35.6 Å². The first-order chi connectivity index (χ1) is 16.5. The molecule has 1 aromatic carbocycles. The summed E-state index contributed by atoms with van der Waals surface area (Å²) in [6, 6.07) is 5.89. The number of anilines is 2. The van der Waals surface area contributed by atoms with E-state index in [2.05, 4.69) is 25.3 Å². The number of alkyl halides is 3. The Morgan fingerprint density at radius 1 is 1.17 bits per heavy atom. The van der Waals surface area contributed by atoms with Crippen LogP contribution >= 0.6 is 0 Å². The smallest absolute Gasteiger partial charge is 0.497 e. The van der Waals surface area contributed by atoms with Crippen LogP contribution in [0.5, 0.6) is 11.5 Å². The molecule has 0 saturated heterocycles. The van der Waals surface area contributed by atoms with Crippen LogP contribution < -0.4 is 19.7 Å². The normalized spacial score (nSPS) is 15.6. The van der Waals surface area contributed by atoms with E-state index in [1.165, 1.54) is 23.9 Å². The van der Waals surface area contributed by atoms with Gasteiger partial charge in [-0.1, -0.05) is 5.21 Å². The van der Waals surface area contributed by atoms with Crippen LogP contribution in [-0.2, 0) is 24.2 Å². The number of hydrogen-bond donors (Lipinski definition) is 1. The predicted octanol–water partition coefficient (Wildman–Crippen LogP) is 3.50. The van der Waals surface area contributed by atoms with Crippen molar-refractivity contribution >= 4 is 17.3 Å². The quantitative estimate of drug-likeness (QED) is 0.542. The largest absolute Gasteiger partial charge is 0.573 e. The highest BCUT2D eigenvalue weighted by Gasteiger charge is 2.32. The Labute approximate surface area is 199 Å². The SMILES string of the molecule is COc1ccc(Cn2cc(CCc3cc4c(c(C)n3)NC(=O)[C@H](C)N4C)nn2)c(OC(F)(F)F)c1. The standard InChI is InChI=1S/C23H25F3N6O3/c1-13-21-19(31(3)14(2)22(33)28-21)9-16(27-13)6-7-17-12-32(30-29-17)11-15-5-8-18(34-4)10-20(15)35-23(24,25)26/h5,8-10,12,14H,6-7,11H2,1-4H3,(H,28,33)/t14-/m0/s1. The summed E-state index contributed by atoms with van der Waals surface area (Å²) in [7, 11) is 3.23. The Hall–Kier alpha value is -3.83. The zero-order valence-corrected chi connectivity index (χ0v) is 19.7. The van der Waals surface area contributed by atoms with Gasteiger partial charge in [0.1, 0.15) is 17.5 Å². The number of benzene rings is 1. The molecule has 1 atom stereocenters. The number of amides is 1. The maximum atomic E-state index is 12.8. The first kappa shape index (κ1) is 24.3. The maximum absolute atomic E-state index is 12.8. The van der Waals surface area contributed by atoms with Gasteiger partial charge in [0.05, 0.1) is 36.4 Å². The third-order valence-electron chi connectivity index (χ3n) is 5.88. The van der Waals surface area contributed by atoms with Gasteiger partial charge < -0.3 is 19.7 Å². The van der Waals surface area contributed by atoms with Gasteiger partial charge in [0.15, 0.2) is 0 Å². The number of nitrogens with zero attached hydrogens (tertiary/aromatic N) is 5. The molecule has 1 aliphatic heterocycles. The third kappa shape index (κ3) is 5.47. The fourth-order valence-corrected chi connectivity index (χ4v) is 3.86. The molecule has 35 heavy (non-hydrogen) atoms. The van der Waals surface area contributed by atoms with Crippen molar-refractivity contribution in [2.45, 2.75) is 45.6 Å². The summed E-state index contributed by atoms with van der Waals surface area (Å²) in [5, 5.41) is 11.1. The van der Waals surface area contributed by atoms with Crippen molar-refractivity contribution in [3.63, 3.8) is 0 Å². The number of rotatable bonds is 7. The number of carbonyl (C=O) groups excluding carboxylic acids is 1. The molecule has 1 amide bonds. The van der Waals surface area contributed by atoms with E-state index in [1.807, 2.05) is 31.9 Å². The first-order valence-electron chi connectivity index (χ1n) is 10.9. The molecular formula is C23H25F3N6O3. The molecule has 2 aromatic heterocycles. The van der Waals surface area contributed by atoms with Crippen LogP contribution in [-0.4, -0.2) is 52.4 Å². The molecule has 4 rings (SSSR count). The molecule has 0 spiro atoms. The lowest BCUT2D eigenvalue weighted by Gasteiger charge is -2.34. The number of ether oxygens (including phenoxy) is 2. The van der Waals surface area contributed by atoms with Gasteiger partial charge in [-0.05, 0) is 44.9 Å². The van der Waals surface area contributed by atoms with E-state index in [1.54, 1.807) is 12.3 Å². The first-order valence-corrected chi connectivity index (χ1v) is 10.9. The summed E-state index contributed by atoms with van der Waals surface area (Å²) in [6.07, 6.45) is -2.04. The van der Waals surface area contributed by atoms with Crippen molar-refractivity contribution < 1.29 is 27.4 Å². The van der Waals surface area contributed by atoms with Crippen LogP contribution in [0.2, 0.25) is 0 Å². The number of halogens is 3. The van der Waals surface area contributed by atoms with Gasteiger partial charge in [0.2, 0.25) is 5.91 Å². The molecule has 3 heterocycles. The van der Waals surface area contributed by atoms with Crippen LogP contribution in [0, 0.1) is 6.92 Å². The lowest BCUT2D eigenvalue weighted by molar-refractivity contribution is -0.274.